The number of amides is 1. The third-order valence-electron chi connectivity index (χ3n) is 5.03. The molecule has 1 aromatic heterocycles. The lowest BCUT2D eigenvalue weighted by Gasteiger charge is -2.35. The van der Waals surface area contributed by atoms with Gasteiger partial charge in [0.15, 0.2) is 5.96 Å². The molecule has 160 valence electrons. The zero-order valence-electron chi connectivity index (χ0n) is 17.4. The lowest BCUT2D eigenvalue weighted by atomic mass is 10.0. The van der Waals surface area contributed by atoms with Gasteiger partial charge in [0.1, 0.15) is 6.54 Å². The highest BCUT2D eigenvalue weighted by Crippen LogP contribution is 2.18. The molecular formula is C20H36IN5OS. The Bertz CT molecular complexity index is 579. The van der Waals surface area contributed by atoms with Gasteiger partial charge in [0.2, 0.25) is 5.91 Å². The van der Waals surface area contributed by atoms with E-state index in [4.69, 9.17) is 0 Å². The monoisotopic (exact) mass is 521 g/mol. The smallest absolute Gasteiger partial charge is 0.243 e. The molecule has 0 spiro atoms. The Morgan fingerprint density at radius 2 is 2.11 bits per heavy atom. The molecule has 1 aliphatic rings. The number of rotatable bonds is 9. The Labute approximate surface area is 191 Å². The van der Waals surface area contributed by atoms with Crippen molar-refractivity contribution in [1.82, 2.24) is 20.4 Å². The molecule has 28 heavy (non-hydrogen) atoms. The van der Waals surface area contributed by atoms with Crippen LogP contribution in [0.4, 0.5) is 0 Å². The summed E-state index contributed by atoms with van der Waals surface area (Å²) < 4.78 is 0. The molecule has 1 saturated heterocycles. The number of hydrogen-bond acceptors (Lipinski definition) is 4. The zero-order valence-corrected chi connectivity index (χ0v) is 20.6. The number of guanidine groups is 1. The number of piperidine rings is 1. The number of carbonyl (C=O) groups excluding carboxylic acids is 1. The molecule has 1 unspecified atom stereocenters. The second-order valence-corrected chi connectivity index (χ2v) is 8.26. The molecule has 0 aliphatic carbocycles. The van der Waals surface area contributed by atoms with E-state index in [2.05, 4.69) is 45.0 Å². The maximum atomic E-state index is 11.9. The second-order valence-electron chi connectivity index (χ2n) is 7.23. The van der Waals surface area contributed by atoms with Crippen LogP contribution in [0.25, 0.3) is 0 Å². The van der Waals surface area contributed by atoms with Crippen LogP contribution in [0.2, 0.25) is 0 Å². The van der Waals surface area contributed by atoms with Gasteiger partial charge in [-0.3, -0.25) is 9.69 Å². The summed E-state index contributed by atoms with van der Waals surface area (Å²) in [4.78, 5) is 21.9. The van der Waals surface area contributed by atoms with Gasteiger partial charge in [-0.25, -0.2) is 4.99 Å². The number of carbonyl (C=O) groups is 1. The number of nitrogens with one attached hydrogen (secondary N) is 2. The average molecular weight is 522 g/mol. The summed E-state index contributed by atoms with van der Waals surface area (Å²) >= 11 is 1.77. The number of halogens is 1. The molecule has 1 atom stereocenters. The van der Waals surface area contributed by atoms with Crippen LogP contribution in [0, 0.1) is 0 Å². The van der Waals surface area contributed by atoms with Crippen molar-refractivity contribution >= 4 is 47.2 Å². The topological polar surface area (TPSA) is 60.0 Å². The van der Waals surface area contributed by atoms with Gasteiger partial charge < -0.3 is 15.5 Å². The van der Waals surface area contributed by atoms with Gasteiger partial charge in [-0.05, 0) is 43.7 Å². The van der Waals surface area contributed by atoms with E-state index in [1.165, 1.54) is 37.1 Å². The molecule has 1 amide bonds. The van der Waals surface area contributed by atoms with Crippen LogP contribution < -0.4 is 10.6 Å². The predicted octanol–water partition coefficient (Wildman–Crippen LogP) is 2.80. The molecule has 6 nitrogen and oxygen atoms in total. The van der Waals surface area contributed by atoms with Crippen molar-refractivity contribution in [2.24, 2.45) is 4.99 Å². The highest BCUT2D eigenvalue weighted by Gasteiger charge is 2.20. The molecular weight excluding hydrogens is 485 g/mol. The van der Waals surface area contributed by atoms with Crippen LogP contribution in [0.3, 0.4) is 0 Å². The minimum absolute atomic E-state index is 0. The largest absolute Gasteiger partial charge is 0.356 e. The number of likely N-dealkylation sites (tertiary alicyclic amines) is 1. The summed E-state index contributed by atoms with van der Waals surface area (Å²) in [6.07, 6.45) is 6.15. The van der Waals surface area contributed by atoms with Crippen LogP contribution >= 0.6 is 35.3 Å². The van der Waals surface area contributed by atoms with E-state index in [9.17, 15) is 4.79 Å². The van der Waals surface area contributed by atoms with Gasteiger partial charge in [0, 0.05) is 44.6 Å². The van der Waals surface area contributed by atoms with Gasteiger partial charge in [-0.2, -0.15) is 0 Å². The van der Waals surface area contributed by atoms with E-state index in [-0.39, 0.29) is 36.4 Å². The summed E-state index contributed by atoms with van der Waals surface area (Å²) in [5, 5.41) is 8.89. The molecule has 0 saturated carbocycles. The number of thiophene rings is 1. The van der Waals surface area contributed by atoms with E-state index in [1.54, 1.807) is 30.3 Å². The first-order valence-electron chi connectivity index (χ1n) is 10.1. The maximum Gasteiger partial charge on any atom is 0.243 e. The lowest BCUT2D eigenvalue weighted by Crippen LogP contribution is -2.46. The molecule has 0 aromatic carbocycles. The first-order chi connectivity index (χ1) is 13.1. The standard InChI is InChI=1S/C20H35N5OS.HI/c1-4-17-8-5-6-13-25(17)14-12-22-20(23-16-19(26)24(2)3)21-11-10-18-9-7-15-27-18;/h7,9,15,17H,4-6,8,10-14,16H2,1-3H3,(H2,21,22,23);1H. The summed E-state index contributed by atoms with van der Waals surface area (Å²) in [7, 11) is 3.52. The first kappa shape index (κ1) is 25.2. The lowest BCUT2D eigenvalue weighted by molar-refractivity contribution is -0.127. The second kappa shape index (κ2) is 14.2. The molecule has 1 aliphatic heterocycles. The van der Waals surface area contributed by atoms with E-state index < -0.39 is 0 Å². The molecule has 0 radical (unpaired) electrons. The third kappa shape index (κ3) is 9.09. The molecule has 2 heterocycles. The van der Waals surface area contributed by atoms with Crippen molar-refractivity contribution in [2.45, 2.75) is 45.1 Å². The molecule has 8 heteroatoms. The Balaban J connectivity index is 0.00000392. The Kier molecular flexibility index (Phi) is 12.7. The zero-order chi connectivity index (χ0) is 19.5. The molecule has 1 fully saturated rings. The fourth-order valence-electron chi connectivity index (χ4n) is 3.36. The van der Waals surface area contributed by atoms with Crippen LogP contribution in [0.15, 0.2) is 22.5 Å². The number of nitrogens with zero attached hydrogens (tertiary/aromatic N) is 3. The summed E-state index contributed by atoms with van der Waals surface area (Å²) in [6, 6.07) is 4.93. The Morgan fingerprint density at radius 1 is 1.32 bits per heavy atom. The summed E-state index contributed by atoms with van der Waals surface area (Å²) in [5.41, 5.74) is 0. The van der Waals surface area contributed by atoms with Crippen molar-refractivity contribution in [3.05, 3.63) is 22.4 Å². The van der Waals surface area contributed by atoms with E-state index in [0.717, 1.165) is 32.0 Å². The predicted molar refractivity (Wildman–Crippen MR) is 130 cm³/mol. The number of likely N-dealkylation sites (N-methyl/N-ethyl adjacent to an activating group) is 1. The van der Waals surface area contributed by atoms with E-state index in [1.807, 2.05) is 0 Å². The minimum Gasteiger partial charge on any atom is -0.356 e. The minimum atomic E-state index is 0. The van der Waals surface area contributed by atoms with Gasteiger partial charge in [0.25, 0.3) is 0 Å². The van der Waals surface area contributed by atoms with E-state index >= 15 is 0 Å². The fraction of sp³-hybridized carbons (Fsp3) is 0.700. The van der Waals surface area contributed by atoms with Gasteiger partial charge in [0.05, 0.1) is 0 Å². The normalized spacial score (nSPS) is 17.7. The number of hydrogen-bond donors (Lipinski definition) is 2. The van der Waals surface area contributed by atoms with Gasteiger partial charge >= 0.3 is 0 Å². The SMILES string of the molecule is CCC1CCCCN1CCNC(=NCC(=O)N(C)C)NCCc1cccs1.I. The maximum absolute atomic E-state index is 11.9. The van der Waals surface area contributed by atoms with Crippen LogP contribution in [-0.2, 0) is 11.2 Å². The third-order valence-corrected chi connectivity index (χ3v) is 5.96. The molecule has 2 N–H and O–H groups in total. The highest BCUT2D eigenvalue weighted by molar-refractivity contribution is 14.0. The Morgan fingerprint density at radius 3 is 2.79 bits per heavy atom. The Hall–Kier alpha value is -0.870. The van der Waals surface area contributed by atoms with Gasteiger partial charge in [-0.15, -0.1) is 35.3 Å². The average Bonchev–Trinajstić information content (AvgIpc) is 3.19. The number of aliphatic imine (C=N–C) groups is 1. The fourth-order valence-corrected chi connectivity index (χ4v) is 4.06. The van der Waals surface area contributed by atoms with Gasteiger partial charge in [-0.1, -0.05) is 19.4 Å². The van der Waals surface area contributed by atoms with Crippen molar-refractivity contribution < 1.29 is 4.79 Å². The molecule has 0 bridgehead atoms. The van der Waals surface area contributed by atoms with Crippen molar-refractivity contribution in [3.63, 3.8) is 0 Å². The quantitative estimate of drug-likeness (QED) is 0.298. The first-order valence-corrected chi connectivity index (χ1v) is 11.0. The summed E-state index contributed by atoms with van der Waals surface area (Å²) in [5.74, 6) is 0.739. The molecule has 1 aromatic rings. The van der Waals surface area contributed by atoms with Crippen LogP contribution in [0.1, 0.15) is 37.5 Å². The van der Waals surface area contributed by atoms with Crippen molar-refractivity contribution in [1.29, 1.82) is 0 Å². The molecule has 2 rings (SSSR count). The summed E-state index contributed by atoms with van der Waals surface area (Å²) in [6.45, 7) is 6.32. The van der Waals surface area contributed by atoms with Crippen molar-refractivity contribution in [3.8, 4) is 0 Å². The van der Waals surface area contributed by atoms with Crippen LogP contribution in [-0.4, -0.2) is 74.5 Å². The highest BCUT2D eigenvalue weighted by atomic mass is 127. The van der Waals surface area contributed by atoms with Crippen LogP contribution in [0.5, 0.6) is 0 Å². The van der Waals surface area contributed by atoms with Crippen molar-refractivity contribution in [2.75, 3.05) is 46.8 Å². The van der Waals surface area contributed by atoms with E-state index in [0.29, 0.717) is 6.04 Å².